The maximum Gasteiger partial charge on any atom is 0.287 e. The molecule has 24 heavy (non-hydrogen) atoms. The van der Waals surface area contributed by atoms with Crippen molar-refractivity contribution in [1.29, 1.82) is 0 Å². The van der Waals surface area contributed by atoms with Gasteiger partial charge in [0.05, 0.1) is 11.5 Å². The summed E-state index contributed by atoms with van der Waals surface area (Å²) in [5.41, 5.74) is 0.0409. The molecule has 1 atom stereocenters. The van der Waals surface area contributed by atoms with Gasteiger partial charge in [0, 0.05) is 24.1 Å². The van der Waals surface area contributed by atoms with Crippen molar-refractivity contribution in [3.8, 4) is 5.75 Å². The number of likely N-dealkylation sites (tertiary alicyclic amines) is 1. The van der Waals surface area contributed by atoms with Crippen LogP contribution in [0.25, 0.3) is 0 Å². The molecule has 1 aliphatic heterocycles. The van der Waals surface area contributed by atoms with Crippen LogP contribution in [0.3, 0.4) is 0 Å². The van der Waals surface area contributed by atoms with E-state index in [0.29, 0.717) is 30.3 Å². The molecule has 1 aliphatic rings. The minimum Gasteiger partial charge on any atom is -0.488 e. The van der Waals surface area contributed by atoms with Crippen LogP contribution in [-0.4, -0.2) is 39.9 Å². The highest BCUT2D eigenvalue weighted by Crippen LogP contribution is 2.22. The Hall–Kier alpha value is -2.67. The molecule has 0 aliphatic carbocycles. The van der Waals surface area contributed by atoms with Crippen molar-refractivity contribution in [2.45, 2.75) is 12.5 Å². The number of hydrogen-bond donors (Lipinski definition) is 0. The van der Waals surface area contributed by atoms with E-state index in [9.17, 15) is 14.9 Å². The number of nitro groups is 1. The maximum atomic E-state index is 12.4. The second-order valence-corrected chi connectivity index (χ2v) is 5.83. The summed E-state index contributed by atoms with van der Waals surface area (Å²) in [6, 6.07) is 9.75. The van der Waals surface area contributed by atoms with Gasteiger partial charge in [-0.1, -0.05) is 17.7 Å². The van der Waals surface area contributed by atoms with Crippen molar-refractivity contribution >= 4 is 23.2 Å². The zero-order chi connectivity index (χ0) is 17.1. The Morgan fingerprint density at radius 1 is 1.38 bits per heavy atom. The average molecular weight is 348 g/mol. The van der Waals surface area contributed by atoms with Gasteiger partial charge in [0.1, 0.15) is 23.7 Å². The fraction of sp³-hybridized carbons (Fsp3) is 0.250. The first kappa shape index (κ1) is 16.2. The van der Waals surface area contributed by atoms with Crippen LogP contribution >= 0.6 is 11.6 Å². The molecule has 0 unspecified atom stereocenters. The predicted molar refractivity (Wildman–Crippen MR) is 87.3 cm³/mol. The lowest BCUT2D eigenvalue weighted by atomic mass is 10.3. The van der Waals surface area contributed by atoms with Crippen molar-refractivity contribution in [3.05, 3.63) is 63.4 Å². The highest BCUT2D eigenvalue weighted by Gasteiger charge is 2.29. The Bertz CT molecular complexity index is 766. The molecule has 1 aromatic carbocycles. The molecular formula is C16H14ClN3O4. The fourth-order valence-electron chi connectivity index (χ4n) is 2.52. The SMILES string of the molecule is O=C(c1ccc([N+](=O)[O-])cn1)N1CC[C@H](Oc2cccc(Cl)c2)C1. The summed E-state index contributed by atoms with van der Waals surface area (Å²) in [6.07, 6.45) is 1.67. The number of halogens is 1. The monoisotopic (exact) mass is 347 g/mol. The molecule has 0 saturated carbocycles. The number of aromatic nitrogens is 1. The van der Waals surface area contributed by atoms with Gasteiger partial charge >= 0.3 is 0 Å². The second-order valence-electron chi connectivity index (χ2n) is 5.40. The molecule has 0 spiro atoms. The van der Waals surface area contributed by atoms with Gasteiger partial charge in [0.25, 0.3) is 11.6 Å². The smallest absolute Gasteiger partial charge is 0.287 e. The molecule has 1 fully saturated rings. The number of benzene rings is 1. The molecule has 0 N–H and O–H groups in total. The summed E-state index contributed by atoms with van der Waals surface area (Å²) in [5, 5.41) is 11.2. The Morgan fingerprint density at radius 2 is 2.21 bits per heavy atom. The first-order valence-electron chi connectivity index (χ1n) is 7.35. The Morgan fingerprint density at radius 3 is 2.88 bits per heavy atom. The van der Waals surface area contributed by atoms with E-state index in [0.717, 1.165) is 6.20 Å². The van der Waals surface area contributed by atoms with Gasteiger partial charge in [-0.25, -0.2) is 4.98 Å². The van der Waals surface area contributed by atoms with E-state index in [2.05, 4.69) is 4.98 Å². The summed E-state index contributed by atoms with van der Waals surface area (Å²) < 4.78 is 5.83. The minimum atomic E-state index is -0.550. The van der Waals surface area contributed by atoms with E-state index in [1.54, 1.807) is 23.1 Å². The number of pyridine rings is 1. The van der Waals surface area contributed by atoms with Crippen LogP contribution in [-0.2, 0) is 0 Å². The van der Waals surface area contributed by atoms with E-state index >= 15 is 0 Å². The molecule has 1 amide bonds. The molecule has 1 saturated heterocycles. The summed E-state index contributed by atoms with van der Waals surface area (Å²) in [5.74, 6) is 0.400. The molecule has 2 aromatic rings. The third-order valence-corrected chi connectivity index (χ3v) is 3.94. The van der Waals surface area contributed by atoms with Crippen molar-refractivity contribution in [2.75, 3.05) is 13.1 Å². The van der Waals surface area contributed by atoms with Crippen molar-refractivity contribution in [1.82, 2.24) is 9.88 Å². The van der Waals surface area contributed by atoms with E-state index in [-0.39, 0.29) is 23.4 Å². The van der Waals surface area contributed by atoms with Crippen molar-refractivity contribution < 1.29 is 14.5 Å². The van der Waals surface area contributed by atoms with Crippen LogP contribution in [0.5, 0.6) is 5.75 Å². The van der Waals surface area contributed by atoms with Crippen LogP contribution < -0.4 is 4.74 Å². The number of ether oxygens (including phenoxy) is 1. The molecule has 8 heteroatoms. The van der Waals surface area contributed by atoms with Crippen molar-refractivity contribution in [3.63, 3.8) is 0 Å². The van der Waals surface area contributed by atoms with Crippen LogP contribution in [0, 0.1) is 10.1 Å². The lowest BCUT2D eigenvalue weighted by molar-refractivity contribution is -0.385. The van der Waals surface area contributed by atoms with Gasteiger partial charge in [0.2, 0.25) is 0 Å². The normalized spacial score (nSPS) is 16.9. The maximum absolute atomic E-state index is 12.4. The molecule has 0 bridgehead atoms. The van der Waals surface area contributed by atoms with E-state index < -0.39 is 4.92 Å². The zero-order valence-electron chi connectivity index (χ0n) is 12.6. The first-order chi connectivity index (χ1) is 11.5. The van der Waals surface area contributed by atoms with Crippen molar-refractivity contribution in [2.24, 2.45) is 0 Å². The number of carbonyl (C=O) groups is 1. The Labute approximate surface area is 143 Å². The highest BCUT2D eigenvalue weighted by molar-refractivity contribution is 6.30. The minimum absolute atomic E-state index is 0.120. The third kappa shape index (κ3) is 3.62. The first-order valence-corrected chi connectivity index (χ1v) is 7.72. The average Bonchev–Trinajstić information content (AvgIpc) is 3.02. The standard InChI is InChI=1S/C16H14ClN3O4/c17-11-2-1-3-13(8-11)24-14-6-7-19(10-14)16(21)15-5-4-12(9-18-15)20(22)23/h1-5,8-9,14H,6-7,10H2/t14-/m0/s1. The number of hydrogen-bond acceptors (Lipinski definition) is 5. The van der Waals surface area contributed by atoms with Gasteiger partial charge in [0.15, 0.2) is 0 Å². The summed E-state index contributed by atoms with van der Waals surface area (Å²) in [7, 11) is 0. The van der Waals surface area contributed by atoms with E-state index in [1.165, 1.54) is 12.1 Å². The van der Waals surface area contributed by atoms with Crippen LogP contribution in [0.4, 0.5) is 5.69 Å². The lowest BCUT2D eigenvalue weighted by Gasteiger charge is -2.17. The molecule has 2 heterocycles. The quantitative estimate of drug-likeness (QED) is 0.627. The molecule has 7 nitrogen and oxygen atoms in total. The van der Waals surface area contributed by atoms with Crippen LogP contribution in [0.1, 0.15) is 16.9 Å². The summed E-state index contributed by atoms with van der Waals surface area (Å²) in [4.78, 5) is 28.0. The summed E-state index contributed by atoms with van der Waals surface area (Å²) >= 11 is 5.92. The second kappa shape index (κ2) is 6.84. The number of amides is 1. The van der Waals surface area contributed by atoms with Gasteiger partial charge in [-0.2, -0.15) is 0 Å². The number of rotatable bonds is 4. The highest BCUT2D eigenvalue weighted by atomic mass is 35.5. The number of nitrogens with zero attached hydrogens (tertiary/aromatic N) is 3. The molecule has 3 rings (SSSR count). The summed E-state index contributed by atoms with van der Waals surface area (Å²) in [6.45, 7) is 0.979. The number of carbonyl (C=O) groups excluding carboxylic acids is 1. The molecule has 0 radical (unpaired) electrons. The third-order valence-electron chi connectivity index (χ3n) is 3.71. The topological polar surface area (TPSA) is 85.6 Å². The van der Waals surface area contributed by atoms with Crippen LogP contribution in [0.2, 0.25) is 5.02 Å². The molecular weight excluding hydrogens is 334 g/mol. The van der Waals surface area contributed by atoms with Gasteiger partial charge in [-0.05, 0) is 24.3 Å². The lowest BCUT2D eigenvalue weighted by Crippen LogP contribution is -2.31. The van der Waals surface area contributed by atoms with Gasteiger partial charge < -0.3 is 9.64 Å². The molecule has 1 aromatic heterocycles. The Balaban J connectivity index is 1.62. The Kier molecular flexibility index (Phi) is 4.61. The van der Waals surface area contributed by atoms with Crippen LogP contribution in [0.15, 0.2) is 42.6 Å². The predicted octanol–water partition coefficient (Wildman–Crippen LogP) is 2.94. The van der Waals surface area contributed by atoms with Gasteiger partial charge in [-0.3, -0.25) is 14.9 Å². The van der Waals surface area contributed by atoms with E-state index in [1.807, 2.05) is 6.07 Å². The zero-order valence-corrected chi connectivity index (χ0v) is 13.3. The molecule has 124 valence electrons. The fourth-order valence-corrected chi connectivity index (χ4v) is 2.70. The van der Waals surface area contributed by atoms with Gasteiger partial charge in [-0.15, -0.1) is 0 Å². The largest absolute Gasteiger partial charge is 0.488 e. The van der Waals surface area contributed by atoms with E-state index in [4.69, 9.17) is 16.3 Å².